The molecular formula is C16H16F3NO8. The molecule has 28 heavy (non-hydrogen) atoms. The van der Waals surface area contributed by atoms with Gasteiger partial charge in [-0.15, -0.1) is 0 Å². The van der Waals surface area contributed by atoms with Gasteiger partial charge in [0.2, 0.25) is 6.10 Å². The number of hydrogen-bond donors (Lipinski definition) is 2. The molecule has 0 radical (unpaired) electrons. The number of esters is 1. The average Bonchev–Trinajstić information content (AvgIpc) is 2.58. The third-order valence-electron chi connectivity index (χ3n) is 3.48. The van der Waals surface area contributed by atoms with Crippen LogP contribution in [0.25, 0.3) is 11.0 Å². The van der Waals surface area contributed by atoms with E-state index < -0.39 is 36.3 Å². The van der Waals surface area contributed by atoms with Gasteiger partial charge in [-0.25, -0.2) is 14.4 Å². The number of rotatable bonds is 6. The molecule has 2 aromatic rings. The molecule has 0 unspecified atom stereocenters. The monoisotopic (exact) mass is 407 g/mol. The number of ether oxygens (including phenoxy) is 3. The first kappa shape index (κ1) is 22.8. The van der Waals surface area contributed by atoms with Gasteiger partial charge in [-0.1, -0.05) is 0 Å². The van der Waals surface area contributed by atoms with E-state index in [1.165, 1.54) is 26.4 Å². The summed E-state index contributed by atoms with van der Waals surface area (Å²) in [5, 5.41) is 9.23. The van der Waals surface area contributed by atoms with E-state index in [0.29, 0.717) is 0 Å². The lowest BCUT2D eigenvalue weighted by Gasteiger charge is -2.17. The van der Waals surface area contributed by atoms with Crippen LogP contribution in [-0.2, 0) is 20.7 Å². The highest BCUT2D eigenvalue weighted by Gasteiger charge is 2.43. The summed E-state index contributed by atoms with van der Waals surface area (Å²) in [7, 11) is 2.63. The fourth-order valence-corrected chi connectivity index (χ4v) is 2.33. The standard InChI is InChI=1S/C16H13F3O8.H3N/c1-24-8-5-9(25-2)13-7(4-12(20)26-10(13)6-8)3-11(14(21)22)27-15(23)16(17,18)19;/h4-6,11H,3H2,1-2H3,(H,21,22);1H3/t11-;/m0./s1. The quantitative estimate of drug-likeness (QED) is 0.542. The van der Waals surface area contributed by atoms with Gasteiger partial charge in [0.25, 0.3) is 0 Å². The van der Waals surface area contributed by atoms with Crippen molar-refractivity contribution in [3.05, 3.63) is 34.2 Å². The van der Waals surface area contributed by atoms with E-state index in [1.54, 1.807) is 0 Å². The van der Waals surface area contributed by atoms with Crippen LogP contribution in [0.4, 0.5) is 13.2 Å². The molecule has 0 aliphatic carbocycles. The second-order valence-electron chi connectivity index (χ2n) is 5.23. The maximum Gasteiger partial charge on any atom is 0.490 e. The van der Waals surface area contributed by atoms with E-state index in [2.05, 4.69) is 4.74 Å². The Hall–Kier alpha value is -3.28. The molecule has 0 amide bonds. The minimum absolute atomic E-state index is 0. The average molecular weight is 407 g/mol. The summed E-state index contributed by atoms with van der Waals surface area (Å²) in [6.07, 6.45) is -8.27. The van der Waals surface area contributed by atoms with Crippen molar-refractivity contribution >= 4 is 22.9 Å². The maximum atomic E-state index is 12.4. The first-order chi connectivity index (χ1) is 12.6. The summed E-state index contributed by atoms with van der Waals surface area (Å²) in [5.41, 5.74) is -0.970. The first-order valence-electron chi connectivity index (χ1n) is 7.26. The SMILES string of the molecule is COc1cc(OC)c2c(C[C@H](OC(=O)C(F)(F)F)C(=O)O)cc(=O)oc2c1.N. The third-order valence-corrected chi connectivity index (χ3v) is 3.48. The Labute approximate surface area is 155 Å². The van der Waals surface area contributed by atoms with Gasteiger partial charge in [0.15, 0.2) is 0 Å². The summed E-state index contributed by atoms with van der Waals surface area (Å²) in [4.78, 5) is 34.0. The number of benzene rings is 1. The lowest BCUT2D eigenvalue weighted by Crippen LogP contribution is -2.35. The molecule has 0 fully saturated rings. The van der Waals surface area contributed by atoms with Crippen molar-refractivity contribution in [1.29, 1.82) is 0 Å². The van der Waals surface area contributed by atoms with Crippen molar-refractivity contribution in [3.8, 4) is 11.5 Å². The Kier molecular flexibility index (Phi) is 7.00. The molecule has 12 heteroatoms. The zero-order valence-electron chi connectivity index (χ0n) is 14.7. The van der Waals surface area contributed by atoms with Gasteiger partial charge in [0.05, 0.1) is 19.6 Å². The van der Waals surface area contributed by atoms with Gasteiger partial charge >= 0.3 is 23.7 Å². The van der Waals surface area contributed by atoms with Crippen LogP contribution in [0.1, 0.15) is 5.56 Å². The topological polar surface area (TPSA) is 147 Å². The molecule has 1 atom stereocenters. The van der Waals surface area contributed by atoms with Gasteiger partial charge in [-0.3, -0.25) is 0 Å². The largest absolute Gasteiger partial charge is 0.496 e. The predicted octanol–water partition coefficient (Wildman–Crippen LogP) is 2.07. The summed E-state index contributed by atoms with van der Waals surface area (Å²) in [6.45, 7) is 0. The molecule has 1 aromatic heterocycles. The number of methoxy groups -OCH3 is 2. The predicted molar refractivity (Wildman–Crippen MR) is 87.9 cm³/mol. The molecule has 4 N–H and O–H groups in total. The van der Waals surface area contributed by atoms with Crippen molar-refractivity contribution < 1.29 is 46.5 Å². The number of carboxylic acids is 1. The molecule has 0 bridgehead atoms. The number of carbonyl (C=O) groups excluding carboxylic acids is 1. The molecule has 0 aliphatic heterocycles. The number of carbonyl (C=O) groups is 2. The van der Waals surface area contributed by atoms with Gasteiger partial charge < -0.3 is 29.9 Å². The van der Waals surface area contributed by atoms with Crippen molar-refractivity contribution in [2.75, 3.05) is 14.2 Å². The molecule has 0 aliphatic rings. The van der Waals surface area contributed by atoms with E-state index >= 15 is 0 Å². The zero-order chi connectivity index (χ0) is 20.4. The van der Waals surface area contributed by atoms with Crippen LogP contribution in [0.3, 0.4) is 0 Å². The normalized spacial score (nSPS) is 12.0. The molecule has 9 nitrogen and oxygen atoms in total. The van der Waals surface area contributed by atoms with Gasteiger partial charge in [-0.05, 0) is 5.56 Å². The van der Waals surface area contributed by atoms with Crippen LogP contribution in [-0.4, -0.2) is 43.5 Å². The van der Waals surface area contributed by atoms with E-state index in [0.717, 1.165) is 6.07 Å². The Morgan fingerprint density at radius 2 is 1.82 bits per heavy atom. The molecule has 2 rings (SSSR count). The van der Waals surface area contributed by atoms with Crippen LogP contribution in [0.15, 0.2) is 27.4 Å². The van der Waals surface area contributed by atoms with Crippen LogP contribution < -0.4 is 21.2 Å². The summed E-state index contributed by atoms with van der Waals surface area (Å²) >= 11 is 0. The van der Waals surface area contributed by atoms with E-state index in [4.69, 9.17) is 19.0 Å². The van der Waals surface area contributed by atoms with Gasteiger partial charge in [0, 0.05) is 24.6 Å². The fourth-order valence-electron chi connectivity index (χ4n) is 2.33. The molecular weight excluding hydrogens is 391 g/mol. The molecule has 0 spiro atoms. The lowest BCUT2D eigenvalue weighted by molar-refractivity contribution is -0.207. The van der Waals surface area contributed by atoms with E-state index in [1.807, 2.05) is 0 Å². The second-order valence-corrected chi connectivity index (χ2v) is 5.23. The molecule has 154 valence electrons. The van der Waals surface area contributed by atoms with Gasteiger partial charge in [0.1, 0.15) is 17.1 Å². The fraction of sp³-hybridized carbons (Fsp3) is 0.312. The Balaban J connectivity index is 0.00000392. The Bertz CT molecular complexity index is 938. The minimum atomic E-state index is -5.36. The minimum Gasteiger partial charge on any atom is -0.496 e. The van der Waals surface area contributed by atoms with Crippen molar-refractivity contribution in [3.63, 3.8) is 0 Å². The molecule has 1 heterocycles. The highest BCUT2D eigenvalue weighted by atomic mass is 19.4. The summed E-state index contributed by atoms with van der Waals surface area (Å²) in [6, 6.07) is 3.61. The molecule has 0 saturated carbocycles. The Morgan fingerprint density at radius 1 is 1.18 bits per heavy atom. The summed E-state index contributed by atoms with van der Waals surface area (Å²) in [5.74, 6) is -4.09. The highest BCUT2D eigenvalue weighted by molar-refractivity contribution is 5.89. The first-order valence-corrected chi connectivity index (χ1v) is 7.26. The van der Waals surface area contributed by atoms with E-state index in [9.17, 15) is 27.6 Å². The van der Waals surface area contributed by atoms with Crippen LogP contribution in [0.5, 0.6) is 11.5 Å². The van der Waals surface area contributed by atoms with E-state index in [-0.39, 0.29) is 34.2 Å². The third kappa shape index (κ3) is 4.91. The number of aliphatic carboxylic acids is 1. The summed E-state index contributed by atoms with van der Waals surface area (Å²) < 4.78 is 56.3. The smallest absolute Gasteiger partial charge is 0.490 e. The van der Waals surface area contributed by atoms with Crippen LogP contribution in [0, 0.1) is 0 Å². The van der Waals surface area contributed by atoms with Crippen molar-refractivity contribution in [1.82, 2.24) is 6.15 Å². The maximum absolute atomic E-state index is 12.4. The number of fused-ring (bicyclic) bond motifs is 1. The number of hydrogen-bond acceptors (Lipinski definition) is 8. The number of alkyl halides is 3. The number of carboxylic acid groups (broad SMARTS) is 1. The van der Waals surface area contributed by atoms with Gasteiger partial charge in [-0.2, -0.15) is 13.2 Å². The van der Waals surface area contributed by atoms with Crippen LogP contribution in [0.2, 0.25) is 0 Å². The number of halogens is 3. The highest BCUT2D eigenvalue weighted by Crippen LogP contribution is 2.33. The zero-order valence-corrected chi connectivity index (χ0v) is 14.7. The lowest BCUT2D eigenvalue weighted by atomic mass is 10.0. The molecule has 1 aromatic carbocycles. The van der Waals surface area contributed by atoms with Crippen molar-refractivity contribution in [2.24, 2.45) is 0 Å². The Morgan fingerprint density at radius 3 is 2.32 bits per heavy atom. The van der Waals surface area contributed by atoms with Crippen LogP contribution >= 0.6 is 0 Å². The molecule has 0 saturated heterocycles. The van der Waals surface area contributed by atoms with Crippen molar-refractivity contribution in [2.45, 2.75) is 18.7 Å². The second kappa shape index (κ2) is 8.61.